The molecule has 1 aromatic heterocycles. The third-order valence-corrected chi connectivity index (χ3v) is 3.25. The van der Waals surface area contributed by atoms with Crippen LogP contribution in [0.25, 0.3) is 10.9 Å². The van der Waals surface area contributed by atoms with Gasteiger partial charge >= 0.3 is 0 Å². The van der Waals surface area contributed by atoms with Crippen molar-refractivity contribution in [1.29, 1.82) is 0 Å². The van der Waals surface area contributed by atoms with Gasteiger partial charge in [-0.1, -0.05) is 12.1 Å². The first-order valence-electron chi connectivity index (χ1n) is 6.28. The van der Waals surface area contributed by atoms with Gasteiger partial charge in [0.25, 0.3) is 5.91 Å². The third kappa shape index (κ3) is 2.28. The standard InChI is InChI=1S/C16H13FN2O/c1-10-2-5-13(9-14(10)17)19-16(20)12-4-3-11-6-7-18-15(11)8-12/h2-9,18H,1H3,(H,19,20). The fraction of sp³-hybridized carbons (Fsp3) is 0.0625. The van der Waals surface area contributed by atoms with Gasteiger partial charge in [0.15, 0.2) is 0 Å². The second-order valence-electron chi connectivity index (χ2n) is 4.70. The number of aromatic amines is 1. The molecule has 2 aromatic carbocycles. The number of aromatic nitrogens is 1. The van der Waals surface area contributed by atoms with Crippen molar-refractivity contribution in [2.45, 2.75) is 6.92 Å². The predicted octanol–water partition coefficient (Wildman–Crippen LogP) is 3.87. The largest absolute Gasteiger partial charge is 0.361 e. The minimum atomic E-state index is -0.331. The van der Waals surface area contributed by atoms with E-state index in [4.69, 9.17) is 0 Å². The van der Waals surface area contributed by atoms with Gasteiger partial charge in [0.2, 0.25) is 0 Å². The Morgan fingerprint density at radius 2 is 2.00 bits per heavy atom. The second-order valence-corrected chi connectivity index (χ2v) is 4.70. The van der Waals surface area contributed by atoms with Crippen molar-refractivity contribution < 1.29 is 9.18 Å². The van der Waals surface area contributed by atoms with Crippen LogP contribution >= 0.6 is 0 Å². The van der Waals surface area contributed by atoms with Crippen molar-refractivity contribution in [2.24, 2.45) is 0 Å². The van der Waals surface area contributed by atoms with Gasteiger partial charge in [-0.05, 0) is 48.2 Å². The Bertz CT molecular complexity index is 792. The molecule has 0 aliphatic carbocycles. The monoisotopic (exact) mass is 268 g/mol. The Balaban J connectivity index is 1.86. The first-order chi connectivity index (χ1) is 9.63. The summed E-state index contributed by atoms with van der Waals surface area (Å²) in [5, 5.41) is 3.73. The van der Waals surface area contributed by atoms with E-state index in [0.29, 0.717) is 16.8 Å². The van der Waals surface area contributed by atoms with Crippen LogP contribution in [0.2, 0.25) is 0 Å². The van der Waals surface area contributed by atoms with E-state index < -0.39 is 0 Å². The smallest absolute Gasteiger partial charge is 0.255 e. The summed E-state index contributed by atoms with van der Waals surface area (Å²) < 4.78 is 13.4. The highest BCUT2D eigenvalue weighted by Gasteiger charge is 2.08. The number of halogens is 1. The van der Waals surface area contributed by atoms with Gasteiger partial charge in [-0.25, -0.2) is 4.39 Å². The van der Waals surface area contributed by atoms with Crippen LogP contribution in [0.4, 0.5) is 10.1 Å². The summed E-state index contributed by atoms with van der Waals surface area (Å²) in [6, 6.07) is 12.0. The number of carbonyl (C=O) groups is 1. The van der Waals surface area contributed by atoms with E-state index in [1.54, 1.807) is 31.2 Å². The SMILES string of the molecule is Cc1ccc(NC(=O)c2ccc3cc[nH]c3c2)cc1F. The molecule has 0 radical (unpaired) electrons. The molecule has 0 aliphatic rings. The maximum absolute atomic E-state index is 13.4. The summed E-state index contributed by atoms with van der Waals surface area (Å²) >= 11 is 0. The summed E-state index contributed by atoms with van der Waals surface area (Å²) in [7, 11) is 0. The Morgan fingerprint density at radius 1 is 1.15 bits per heavy atom. The van der Waals surface area contributed by atoms with Gasteiger partial charge in [-0.3, -0.25) is 4.79 Å². The molecule has 0 saturated heterocycles. The van der Waals surface area contributed by atoms with E-state index in [0.717, 1.165) is 10.9 Å². The van der Waals surface area contributed by atoms with Crippen molar-refractivity contribution >= 4 is 22.5 Å². The Hall–Kier alpha value is -2.62. The fourth-order valence-corrected chi connectivity index (χ4v) is 2.06. The zero-order valence-corrected chi connectivity index (χ0v) is 10.9. The molecule has 2 N–H and O–H groups in total. The van der Waals surface area contributed by atoms with Gasteiger partial charge in [0, 0.05) is 23.0 Å². The normalized spacial score (nSPS) is 10.7. The highest BCUT2D eigenvalue weighted by molar-refractivity contribution is 6.06. The van der Waals surface area contributed by atoms with Crippen LogP contribution in [0, 0.1) is 12.7 Å². The summed E-state index contributed by atoms with van der Waals surface area (Å²) in [6.45, 7) is 1.68. The lowest BCUT2D eigenvalue weighted by molar-refractivity contribution is 0.102. The van der Waals surface area contributed by atoms with Gasteiger partial charge in [0.1, 0.15) is 5.82 Å². The minimum Gasteiger partial charge on any atom is -0.361 e. The van der Waals surface area contributed by atoms with Gasteiger partial charge in [-0.2, -0.15) is 0 Å². The third-order valence-electron chi connectivity index (χ3n) is 3.25. The number of hydrogen-bond acceptors (Lipinski definition) is 1. The number of H-pyrrole nitrogens is 1. The lowest BCUT2D eigenvalue weighted by Crippen LogP contribution is -2.12. The average molecular weight is 268 g/mol. The lowest BCUT2D eigenvalue weighted by atomic mass is 10.1. The Kier molecular flexibility index (Phi) is 2.99. The highest BCUT2D eigenvalue weighted by Crippen LogP contribution is 2.17. The predicted molar refractivity (Wildman–Crippen MR) is 77.4 cm³/mol. The molecule has 0 fully saturated rings. The molecule has 3 rings (SSSR count). The quantitative estimate of drug-likeness (QED) is 0.728. The lowest BCUT2D eigenvalue weighted by Gasteiger charge is -2.06. The van der Waals surface area contributed by atoms with E-state index >= 15 is 0 Å². The van der Waals surface area contributed by atoms with Crippen LogP contribution in [-0.2, 0) is 0 Å². The maximum atomic E-state index is 13.4. The second kappa shape index (κ2) is 4.81. The molecule has 4 heteroatoms. The van der Waals surface area contributed by atoms with Crippen LogP contribution in [0.3, 0.4) is 0 Å². The molecule has 100 valence electrons. The number of aryl methyl sites for hydroxylation is 1. The number of fused-ring (bicyclic) bond motifs is 1. The Morgan fingerprint density at radius 3 is 2.80 bits per heavy atom. The first-order valence-corrected chi connectivity index (χ1v) is 6.28. The summed E-state index contributed by atoms with van der Waals surface area (Å²) in [5.74, 6) is -0.590. The van der Waals surface area contributed by atoms with E-state index in [2.05, 4.69) is 10.3 Å². The molecular weight excluding hydrogens is 255 g/mol. The zero-order chi connectivity index (χ0) is 14.1. The average Bonchev–Trinajstić information content (AvgIpc) is 2.90. The molecule has 0 spiro atoms. The van der Waals surface area contributed by atoms with E-state index in [1.165, 1.54) is 6.07 Å². The van der Waals surface area contributed by atoms with Crippen LogP contribution in [0.5, 0.6) is 0 Å². The molecule has 0 unspecified atom stereocenters. The zero-order valence-electron chi connectivity index (χ0n) is 10.9. The number of rotatable bonds is 2. The van der Waals surface area contributed by atoms with Crippen molar-refractivity contribution in [3.05, 3.63) is 65.6 Å². The number of benzene rings is 2. The Labute approximate surface area is 115 Å². The van der Waals surface area contributed by atoms with E-state index in [-0.39, 0.29) is 11.7 Å². The number of anilines is 1. The molecule has 0 aliphatic heterocycles. The van der Waals surface area contributed by atoms with Crippen molar-refractivity contribution in [2.75, 3.05) is 5.32 Å². The van der Waals surface area contributed by atoms with Crippen LogP contribution in [0.1, 0.15) is 15.9 Å². The van der Waals surface area contributed by atoms with E-state index in [1.807, 2.05) is 18.3 Å². The summed E-state index contributed by atoms with van der Waals surface area (Å²) in [5.41, 5.74) is 2.43. The van der Waals surface area contributed by atoms with Crippen molar-refractivity contribution in [3.63, 3.8) is 0 Å². The van der Waals surface area contributed by atoms with E-state index in [9.17, 15) is 9.18 Å². The first kappa shape index (κ1) is 12.4. The number of amides is 1. The van der Waals surface area contributed by atoms with Crippen LogP contribution < -0.4 is 5.32 Å². The molecule has 3 nitrogen and oxygen atoms in total. The molecule has 0 saturated carbocycles. The fourth-order valence-electron chi connectivity index (χ4n) is 2.06. The molecule has 1 amide bonds. The molecular formula is C16H13FN2O. The van der Waals surface area contributed by atoms with Crippen molar-refractivity contribution in [3.8, 4) is 0 Å². The van der Waals surface area contributed by atoms with Crippen molar-refractivity contribution in [1.82, 2.24) is 4.98 Å². The molecule has 3 aromatic rings. The molecule has 1 heterocycles. The highest BCUT2D eigenvalue weighted by atomic mass is 19.1. The topological polar surface area (TPSA) is 44.9 Å². The summed E-state index contributed by atoms with van der Waals surface area (Å²) in [4.78, 5) is 15.2. The van der Waals surface area contributed by atoms with Gasteiger partial charge < -0.3 is 10.3 Å². The molecule has 0 atom stereocenters. The maximum Gasteiger partial charge on any atom is 0.255 e. The van der Waals surface area contributed by atoms with Crippen LogP contribution in [0.15, 0.2) is 48.7 Å². The number of carbonyl (C=O) groups excluding carboxylic acids is 1. The number of hydrogen-bond donors (Lipinski definition) is 2. The molecule has 0 bridgehead atoms. The number of nitrogens with one attached hydrogen (secondary N) is 2. The van der Waals surface area contributed by atoms with Gasteiger partial charge in [0.05, 0.1) is 0 Å². The van der Waals surface area contributed by atoms with Crippen LogP contribution in [-0.4, -0.2) is 10.9 Å². The van der Waals surface area contributed by atoms with Gasteiger partial charge in [-0.15, -0.1) is 0 Å². The minimum absolute atomic E-state index is 0.259. The summed E-state index contributed by atoms with van der Waals surface area (Å²) in [6.07, 6.45) is 1.82. The molecule has 20 heavy (non-hydrogen) atoms.